The number of esters is 2. The predicted octanol–water partition coefficient (Wildman–Crippen LogP) is 3.23. The lowest BCUT2D eigenvalue weighted by molar-refractivity contribution is -0.160. The van der Waals surface area contributed by atoms with Gasteiger partial charge in [0.25, 0.3) is 0 Å². The molecule has 0 fully saturated rings. The van der Waals surface area contributed by atoms with Crippen LogP contribution in [0.3, 0.4) is 0 Å². The van der Waals surface area contributed by atoms with Crippen molar-refractivity contribution in [3.8, 4) is 0 Å². The monoisotopic (exact) mass is 355 g/mol. The van der Waals surface area contributed by atoms with Crippen LogP contribution in [0.4, 0.5) is 0 Å². The molecule has 1 unspecified atom stereocenters. The maximum absolute atomic E-state index is 12.4. The fourth-order valence-electron chi connectivity index (χ4n) is 2.26. The molecule has 0 bridgehead atoms. The van der Waals surface area contributed by atoms with E-state index < -0.39 is 18.0 Å². The van der Waals surface area contributed by atoms with Crippen molar-refractivity contribution in [1.29, 1.82) is 0 Å². The molecule has 1 N–H and O–H groups in total. The largest absolute Gasteiger partial charge is 0.459 e. The highest BCUT2D eigenvalue weighted by molar-refractivity contribution is 5.99. The molecule has 0 radical (unpaired) electrons. The average Bonchev–Trinajstić information content (AvgIpc) is 2.69. The van der Waals surface area contributed by atoms with Gasteiger partial charge in [-0.05, 0) is 24.5 Å². The highest BCUT2D eigenvalue weighted by atomic mass is 16.6. The van der Waals surface area contributed by atoms with E-state index in [1.165, 1.54) is 0 Å². The Kier molecular flexibility index (Phi) is 7.83. The van der Waals surface area contributed by atoms with Crippen LogP contribution in [0.1, 0.15) is 31.4 Å². The van der Waals surface area contributed by atoms with Gasteiger partial charge in [0.05, 0.1) is 0 Å². The second-order valence-corrected chi connectivity index (χ2v) is 6.10. The molecule has 2 rings (SSSR count). The van der Waals surface area contributed by atoms with Gasteiger partial charge in [-0.1, -0.05) is 67.6 Å². The highest BCUT2D eigenvalue weighted by Crippen LogP contribution is 2.06. The number of nitrogens with one attached hydrogen (secondary N) is 1. The number of ether oxygens (including phenoxy) is 2. The summed E-state index contributed by atoms with van der Waals surface area (Å²) in [6, 6.07) is 17.5. The highest BCUT2D eigenvalue weighted by Gasteiger charge is 2.30. The van der Waals surface area contributed by atoms with Crippen LogP contribution < -0.4 is 5.32 Å². The lowest BCUT2D eigenvalue weighted by Crippen LogP contribution is -2.48. The van der Waals surface area contributed by atoms with Gasteiger partial charge in [-0.15, -0.1) is 0 Å². The molecule has 0 aromatic heterocycles. The van der Waals surface area contributed by atoms with E-state index in [4.69, 9.17) is 9.47 Å². The third-order valence-corrected chi connectivity index (χ3v) is 3.98. The smallest absolute Gasteiger partial charge is 0.335 e. The van der Waals surface area contributed by atoms with Crippen LogP contribution in [0.5, 0.6) is 0 Å². The lowest BCUT2D eigenvalue weighted by atomic mass is 10.2. The summed E-state index contributed by atoms with van der Waals surface area (Å²) in [5.74, 6) is -1.26. The third kappa shape index (κ3) is 6.33. The summed E-state index contributed by atoms with van der Waals surface area (Å²) >= 11 is 0. The van der Waals surface area contributed by atoms with Gasteiger partial charge in [-0.3, -0.25) is 5.32 Å². The van der Waals surface area contributed by atoms with Crippen LogP contribution in [-0.2, 0) is 32.3 Å². The topological polar surface area (TPSA) is 64.6 Å². The Morgan fingerprint density at radius 3 is 1.65 bits per heavy atom. The molecule has 0 heterocycles. The minimum atomic E-state index is -1.14. The number of hydrogen-bond acceptors (Lipinski definition) is 5. The molecule has 5 heteroatoms. The Balaban J connectivity index is 1.96. The first-order valence-electron chi connectivity index (χ1n) is 8.77. The van der Waals surface area contributed by atoms with Gasteiger partial charge in [-0.2, -0.15) is 0 Å². The molecule has 0 saturated heterocycles. The summed E-state index contributed by atoms with van der Waals surface area (Å²) in [6.45, 7) is 4.11. The van der Waals surface area contributed by atoms with Gasteiger partial charge < -0.3 is 9.47 Å². The molecule has 0 spiro atoms. The van der Waals surface area contributed by atoms with E-state index in [2.05, 4.69) is 5.32 Å². The van der Waals surface area contributed by atoms with Gasteiger partial charge in [-0.25, -0.2) is 9.59 Å². The van der Waals surface area contributed by atoms with Gasteiger partial charge >= 0.3 is 11.9 Å². The van der Waals surface area contributed by atoms with Crippen molar-refractivity contribution in [3.05, 3.63) is 71.8 Å². The van der Waals surface area contributed by atoms with Gasteiger partial charge in [0.15, 0.2) is 0 Å². The molecular weight excluding hydrogens is 330 g/mol. The summed E-state index contributed by atoms with van der Waals surface area (Å²) in [6.07, 6.45) is 0.772. The van der Waals surface area contributed by atoms with Crippen LogP contribution in [0.2, 0.25) is 0 Å². The fourth-order valence-corrected chi connectivity index (χ4v) is 2.26. The Bertz CT molecular complexity index is 632. The number of carbonyl (C=O) groups is 2. The molecule has 26 heavy (non-hydrogen) atoms. The minimum Gasteiger partial charge on any atom is -0.459 e. The van der Waals surface area contributed by atoms with Crippen molar-refractivity contribution in [2.24, 2.45) is 0 Å². The number of carbonyl (C=O) groups excluding carboxylic acids is 2. The van der Waals surface area contributed by atoms with Crippen LogP contribution in [-0.4, -0.2) is 24.0 Å². The Morgan fingerprint density at radius 2 is 1.27 bits per heavy atom. The first-order valence-corrected chi connectivity index (χ1v) is 8.77. The second kappa shape index (κ2) is 10.4. The van der Waals surface area contributed by atoms with E-state index >= 15 is 0 Å². The molecule has 0 aliphatic carbocycles. The van der Waals surface area contributed by atoms with Crippen molar-refractivity contribution < 1.29 is 19.1 Å². The molecule has 2 aromatic rings. The summed E-state index contributed by atoms with van der Waals surface area (Å²) in [5, 5.41) is 2.99. The standard InChI is InChI=1S/C21H25NO4/c1-3-16(2)22-19(20(23)25-14-17-10-6-4-7-11-17)21(24)26-15-18-12-8-5-9-13-18/h4-13,16,19,22H,3,14-15H2,1-2H3. The average molecular weight is 355 g/mol. The molecule has 0 amide bonds. The molecular formula is C21H25NO4. The van der Waals surface area contributed by atoms with E-state index in [1.54, 1.807) is 0 Å². The SMILES string of the molecule is CCC(C)NC(C(=O)OCc1ccccc1)C(=O)OCc1ccccc1. The van der Waals surface area contributed by atoms with Crippen molar-refractivity contribution >= 4 is 11.9 Å². The summed E-state index contributed by atoms with van der Waals surface area (Å²) in [4.78, 5) is 24.9. The quantitative estimate of drug-likeness (QED) is 0.553. The van der Waals surface area contributed by atoms with Crippen molar-refractivity contribution in [2.75, 3.05) is 0 Å². The molecule has 0 saturated carbocycles. The maximum atomic E-state index is 12.4. The van der Waals surface area contributed by atoms with Crippen molar-refractivity contribution in [3.63, 3.8) is 0 Å². The van der Waals surface area contributed by atoms with Crippen LogP contribution >= 0.6 is 0 Å². The summed E-state index contributed by atoms with van der Waals surface area (Å²) in [5.41, 5.74) is 1.72. The Morgan fingerprint density at radius 1 is 0.846 bits per heavy atom. The maximum Gasteiger partial charge on any atom is 0.335 e. The van der Waals surface area contributed by atoms with Crippen LogP contribution in [0, 0.1) is 0 Å². The third-order valence-electron chi connectivity index (χ3n) is 3.98. The van der Waals surface area contributed by atoms with E-state index in [-0.39, 0.29) is 19.3 Å². The zero-order valence-corrected chi connectivity index (χ0v) is 15.2. The molecule has 0 aliphatic heterocycles. The zero-order valence-electron chi connectivity index (χ0n) is 15.2. The van der Waals surface area contributed by atoms with Gasteiger partial charge in [0.2, 0.25) is 6.04 Å². The van der Waals surface area contributed by atoms with E-state index in [9.17, 15) is 9.59 Å². The zero-order chi connectivity index (χ0) is 18.8. The Hall–Kier alpha value is -2.66. The molecule has 2 aromatic carbocycles. The molecule has 0 aliphatic rings. The van der Waals surface area contributed by atoms with E-state index in [0.29, 0.717) is 0 Å². The van der Waals surface area contributed by atoms with Crippen LogP contribution in [0.15, 0.2) is 60.7 Å². The van der Waals surface area contributed by atoms with Gasteiger partial charge in [0.1, 0.15) is 13.2 Å². The van der Waals surface area contributed by atoms with Crippen molar-refractivity contribution in [1.82, 2.24) is 5.32 Å². The lowest BCUT2D eigenvalue weighted by Gasteiger charge is -2.20. The molecule has 5 nitrogen and oxygen atoms in total. The normalized spacial score (nSPS) is 11.8. The summed E-state index contributed by atoms with van der Waals surface area (Å²) in [7, 11) is 0. The van der Waals surface area contributed by atoms with Crippen molar-refractivity contribution in [2.45, 2.75) is 45.6 Å². The van der Waals surface area contributed by atoms with E-state index in [1.807, 2.05) is 74.5 Å². The van der Waals surface area contributed by atoms with Gasteiger partial charge in [0, 0.05) is 6.04 Å². The predicted molar refractivity (Wildman–Crippen MR) is 99.2 cm³/mol. The number of rotatable bonds is 9. The van der Waals surface area contributed by atoms with Crippen LogP contribution in [0.25, 0.3) is 0 Å². The number of hydrogen-bond donors (Lipinski definition) is 1. The Labute approximate surface area is 154 Å². The van der Waals surface area contributed by atoms with E-state index in [0.717, 1.165) is 17.5 Å². The first kappa shape index (κ1) is 19.7. The second-order valence-electron chi connectivity index (χ2n) is 6.10. The molecule has 138 valence electrons. The first-order chi connectivity index (χ1) is 12.6. The number of benzene rings is 2. The fraction of sp³-hybridized carbons (Fsp3) is 0.333. The summed E-state index contributed by atoms with van der Waals surface area (Å²) < 4.78 is 10.6. The molecule has 1 atom stereocenters. The minimum absolute atomic E-state index is 0.0199.